The number of aromatic carboxylic acids is 1. The van der Waals surface area contributed by atoms with Crippen LogP contribution in [0.4, 0.5) is 0 Å². The number of carboxylic acids is 1. The highest BCUT2D eigenvalue weighted by Crippen LogP contribution is 2.25. The Morgan fingerprint density at radius 2 is 2.17 bits per heavy atom. The number of benzene rings is 1. The number of carboxylic acid groups (broad SMARTS) is 1. The largest absolute Gasteiger partial charge is 0.478 e. The lowest BCUT2D eigenvalue weighted by atomic mass is 9.99. The Balaban J connectivity index is 2.58. The van der Waals surface area contributed by atoms with Crippen molar-refractivity contribution in [3.8, 4) is 11.4 Å². The summed E-state index contributed by atoms with van der Waals surface area (Å²) in [6, 6.07) is 3.15. The number of hydrogen-bond donors (Lipinski definition) is 2. The smallest absolute Gasteiger partial charge is 0.335 e. The second-order valence-corrected chi connectivity index (χ2v) is 3.99. The standard InChI is InChI=1S/C12H13N3O3/c1-6-3-8(12(16)17)4-9(7(6)2)11-14-10(5-13)18-15-11/h3-4H,5,13H2,1-2H3,(H,16,17). The molecule has 0 radical (unpaired) electrons. The van der Waals surface area contributed by atoms with Crippen molar-refractivity contribution in [3.63, 3.8) is 0 Å². The third-order valence-electron chi connectivity index (χ3n) is 2.80. The van der Waals surface area contributed by atoms with Crippen LogP contribution in [0, 0.1) is 13.8 Å². The average Bonchev–Trinajstić information content (AvgIpc) is 2.80. The molecule has 1 aromatic carbocycles. The number of nitrogens with two attached hydrogens (primary N) is 1. The number of nitrogens with zero attached hydrogens (tertiary/aromatic N) is 2. The first-order valence-electron chi connectivity index (χ1n) is 5.40. The normalized spacial score (nSPS) is 10.6. The van der Waals surface area contributed by atoms with E-state index in [1.807, 2.05) is 13.8 Å². The molecule has 6 nitrogen and oxygen atoms in total. The van der Waals surface area contributed by atoms with E-state index >= 15 is 0 Å². The van der Waals surface area contributed by atoms with Crippen LogP contribution in [0.25, 0.3) is 11.4 Å². The molecule has 2 rings (SSSR count). The molecule has 3 N–H and O–H groups in total. The van der Waals surface area contributed by atoms with Crippen molar-refractivity contribution in [1.82, 2.24) is 10.1 Å². The van der Waals surface area contributed by atoms with E-state index in [9.17, 15) is 4.79 Å². The summed E-state index contributed by atoms with van der Waals surface area (Å²) < 4.78 is 4.93. The van der Waals surface area contributed by atoms with Gasteiger partial charge in [0.1, 0.15) is 0 Å². The van der Waals surface area contributed by atoms with Crippen molar-refractivity contribution in [2.75, 3.05) is 0 Å². The van der Waals surface area contributed by atoms with E-state index in [0.717, 1.165) is 11.1 Å². The van der Waals surface area contributed by atoms with Gasteiger partial charge in [-0.05, 0) is 37.1 Å². The molecule has 0 saturated carbocycles. The monoisotopic (exact) mass is 247 g/mol. The maximum Gasteiger partial charge on any atom is 0.335 e. The summed E-state index contributed by atoms with van der Waals surface area (Å²) >= 11 is 0. The van der Waals surface area contributed by atoms with Gasteiger partial charge in [0.25, 0.3) is 0 Å². The molecule has 0 unspecified atom stereocenters. The van der Waals surface area contributed by atoms with Gasteiger partial charge in [-0.2, -0.15) is 4.98 Å². The summed E-state index contributed by atoms with van der Waals surface area (Å²) in [4.78, 5) is 15.1. The summed E-state index contributed by atoms with van der Waals surface area (Å²) in [5, 5.41) is 12.8. The molecule has 0 aliphatic carbocycles. The van der Waals surface area contributed by atoms with E-state index in [1.54, 1.807) is 6.07 Å². The molecule has 0 amide bonds. The lowest BCUT2D eigenvalue weighted by molar-refractivity contribution is 0.0697. The zero-order valence-corrected chi connectivity index (χ0v) is 10.1. The highest BCUT2D eigenvalue weighted by Gasteiger charge is 2.15. The first-order chi connectivity index (χ1) is 8.52. The van der Waals surface area contributed by atoms with Gasteiger partial charge in [0.2, 0.25) is 11.7 Å². The second-order valence-electron chi connectivity index (χ2n) is 3.99. The van der Waals surface area contributed by atoms with Crippen LogP contribution in [-0.4, -0.2) is 21.2 Å². The molecule has 0 spiro atoms. The Labute approximate surface area is 103 Å². The number of rotatable bonds is 3. The molecule has 2 aromatic rings. The average molecular weight is 247 g/mol. The lowest BCUT2D eigenvalue weighted by Gasteiger charge is -2.07. The Morgan fingerprint density at radius 3 is 2.72 bits per heavy atom. The van der Waals surface area contributed by atoms with Crippen LogP contribution in [-0.2, 0) is 6.54 Å². The van der Waals surface area contributed by atoms with E-state index in [1.165, 1.54) is 6.07 Å². The topological polar surface area (TPSA) is 102 Å². The number of aromatic nitrogens is 2. The van der Waals surface area contributed by atoms with E-state index in [4.69, 9.17) is 15.4 Å². The summed E-state index contributed by atoms with van der Waals surface area (Å²) in [6.07, 6.45) is 0. The molecule has 18 heavy (non-hydrogen) atoms. The minimum Gasteiger partial charge on any atom is -0.478 e. The van der Waals surface area contributed by atoms with Gasteiger partial charge < -0.3 is 15.4 Å². The Morgan fingerprint density at radius 1 is 1.44 bits per heavy atom. The van der Waals surface area contributed by atoms with Gasteiger partial charge in [-0.15, -0.1) is 0 Å². The van der Waals surface area contributed by atoms with Crippen LogP contribution in [0.15, 0.2) is 16.7 Å². The van der Waals surface area contributed by atoms with Gasteiger partial charge in [0.05, 0.1) is 12.1 Å². The third kappa shape index (κ3) is 2.10. The highest BCUT2D eigenvalue weighted by atomic mass is 16.5. The number of aryl methyl sites for hydroxylation is 1. The van der Waals surface area contributed by atoms with Crippen LogP contribution in [0.1, 0.15) is 27.4 Å². The molecule has 6 heteroatoms. The number of carbonyl (C=O) groups is 1. The van der Waals surface area contributed by atoms with Crippen LogP contribution in [0.2, 0.25) is 0 Å². The third-order valence-corrected chi connectivity index (χ3v) is 2.80. The highest BCUT2D eigenvalue weighted by molar-refractivity contribution is 5.90. The fourth-order valence-corrected chi connectivity index (χ4v) is 1.66. The molecule has 0 bridgehead atoms. The fourth-order valence-electron chi connectivity index (χ4n) is 1.66. The predicted molar refractivity (Wildman–Crippen MR) is 64.1 cm³/mol. The quantitative estimate of drug-likeness (QED) is 0.852. The zero-order chi connectivity index (χ0) is 13.3. The molecule has 0 fully saturated rings. The molecule has 0 aliphatic heterocycles. The van der Waals surface area contributed by atoms with Crippen molar-refractivity contribution in [2.45, 2.75) is 20.4 Å². The second kappa shape index (κ2) is 4.58. The molecule has 1 aromatic heterocycles. The maximum absolute atomic E-state index is 11.0. The first kappa shape index (κ1) is 12.3. The van der Waals surface area contributed by atoms with Crippen LogP contribution < -0.4 is 5.73 Å². The van der Waals surface area contributed by atoms with Crippen LogP contribution in [0.3, 0.4) is 0 Å². The zero-order valence-electron chi connectivity index (χ0n) is 10.1. The Kier molecular flexibility index (Phi) is 3.12. The first-order valence-corrected chi connectivity index (χ1v) is 5.40. The number of hydrogen-bond acceptors (Lipinski definition) is 5. The molecular weight excluding hydrogens is 234 g/mol. The van der Waals surface area contributed by atoms with Crippen LogP contribution >= 0.6 is 0 Å². The minimum absolute atomic E-state index is 0.156. The van der Waals surface area contributed by atoms with E-state index < -0.39 is 5.97 Å². The molecule has 94 valence electrons. The van der Waals surface area contributed by atoms with E-state index in [2.05, 4.69) is 10.1 Å². The Hall–Kier alpha value is -2.21. The van der Waals surface area contributed by atoms with Crippen LogP contribution in [0.5, 0.6) is 0 Å². The van der Waals surface area contributed by atoms with Gasteiger partial charge in [0.15, 0.2) is 0 Å². The van der Waals surface area contributed by atoms with E-state index in [-0.39, 0.29) is 12.1 Å². The molecule has 1 heterocycles. The summed E-state index contributed by atoms with van der Waals surface area (Å²) in [5.74, 6) is -0.302. The van der Waals surface area contributed by atoms with E-state index in [0.29, 0.717) is 17.3 Å². The predicted octanol–water partition coefficient (Wildman–Crippen LogP) is 1.51. The van der Waals surface area contributed by atoms with Gasteiger partial charge in [-0.1, -0.05) is 5.16 Å². The fraction of sp³-hybridized carbons (Fsp3) is 0.250. The molecular formula is C12H13N3O3. The van der Waals surface area contributed by atoms with Gasteiger partial charge in [0, 0.05) is 5.56 Å². The van der Waals surface area contributed by atoms with Crippen molar-refractivity contribution < 1.29 is 14.4 Å². The van der Waals surface area contributed by atoms with Crippen molar-refractivity contribution in [3.05, 3.63) is 34.7 Å². The summed E-state index contributed by atoms with van der Waals surface area (Å²) in [6.45, 7) is 3.88. The lowest BCUT2D eigenvalue weighted by Crippen LogP contribution is -2.00. The van der Waals surface area contributed by atoms with Crippen molar-refractivity contribution in [2.24, 2.45) is 5.73 Å². The van der Waals surface area contributed by atoms with Crippen molar-refractivity contribution >= 4 is 5.97 Å². The summed E-state index contributed by atoms with van der Waals surface area (Å²) in [5.41, 5.74) is 8.03. The van der Waals surface area contributed by atoms with Gasteiger partial charge in [-0.25, -0.2) is 4.79 Å². The van der Waals surface area contributed by atoms with Gasteiger partial charge in [-0.3, -0.25) is 0 Å². The molecule has 0 aliphatic rings. The summed E-state index contributed by atoms with van der Waals surface area (Å²) in [7, 11) is 0. The molecule has 0 atom stereocenters. The molecule has 0 saturated heterocycles. The van der Waals surface area contributed by atoms with Gasteiger partial charge >= 0.3 is 5.97 Å². The maximum atomic E-state index is 11.0. The van der Waals surface area contributed by atoms with Crippen molar-refractivity contribution in [1.29, 1.82) is 0 Å². The SMILES string of the molecule is Cc1cc(C(=O)O)cc(-c2noc(CN)n2)c1C. The Bertz CT molecular complexity index is 605. The minimum atomic E-state index is -0.984.